The highest BCUT2D eigenvalue weighted by Gasteiger charge is 2.10. The second-order valence-corrected chi connectivity index (χ2v) is 4.53. The summed E-state index contributed by atoms with van der Waals surface area (Å²) in [5.41, 5.74) is 0. The van der Waals surface area contributed by atoms with Crippen LogP contribution in [-0.4, -0.2) is 20.3 Å². The average molecular weight is 198 g/mol. The first-order chi connectivity index (χ1) is 6.93. The van der Waals surface area contributed by atoms with Crippen molar-refractivity contribution in [2.75, 3.05) is 20.3 Å². The molecule has 84 valence electrons. The molecule has 14 heavy (non-hydrogen) atoms. The van der Waals surface area contributed by atoms with Gasteiger partial charge in [0.15, 0.2) is 0 Å². The van der Waals surface area contributed by atoms with Gasteiger partial charge in [-0.05, 0) is 25.9 Å². The summed E-state index contributed by atoms with van der Waals surface area (Å²) in [5, 5.41) is 6.52. The standard InChI is InChI=1S/C12H26N2/c1-13-11-14-10-9-12-7-5-3-2-4-6-8-12/h12-14H,2-11H2,1H3. The van der Waals surface area contributed by atoms with E-state index in [0.29, 0.717) is 0 Å². The van der Waals surface area contributed by atoms with Crippen LogP contribution >= 0.6 is 0 Å². The predicted octanol–water partition coefficient (Wildman–Crippen LogP) is 2.50. The first-order valence-corrected chi connectivity index (χ1v) is 6.29. The van der Waals surface area contributed by atoms with E-state index in [0.717, 1.165) is 12.6 Å². The molecule has 0 aliphatic heterocycles. The highest BCUT2D eigenvalue weighted by Crippen LogP contribution is 2.24. The average Bonchev–Trinajstić information content (AvgIpc) is 2.15. The highest BCUT2D eigenvalue weighted by molar-refractivity contribution is 4.64. The quantitative estimate of drug-likeness (QED) is 0.524. The van der Waals surface area contributed by atoms with E-state index >= 15 is 0 Å². The molecule has 1 rings (SSSR count). The molecule has 0 saturated heterocycles. The minimum atomic E-state index is 0.951. The van der Waals surface area contributed by atoms with Gasteiger partial charge in [-0.3, -0.25) is 0 Å². The van der Waals surface area contributed by atoms with E-state index in [-0.39, 0.29) is 0 Å². The van der Waals surface area contributed by atoms with Gasteiger partial charge >= 0.3 is 0 Å². The molecule has 0 amide bonds. The van der Waals surface area contributed by atoms with Gasteiger partial charge < -0.3 is 10.6 Å². The zero-order valence-corrected chi connectivity index (χ0v) is 9.65. The molecule has 1 fully saturated rings. The lowest BCUT2D eigenvalue weighted by molar-refractivity contribution is 0.352. The van der Waals surface area contributed by atoms with Gasteiger partial charge in [-0.25, -0.2) is 0 Å². The van der Waals surface area contributed by atoms with Crippen molar-refractivity contribution in [2.45, 2.75) is 51.4 Å². The molecule has 2 heteroatoms. The van der Waals surface area contributed by atoms with Crippen molar-refractivity contribution in [3.8, 4) is 0 Å². The molecular formula is C12H26N2. The van der Waals surface area contributed by atoms with Gasteiger partial charge in [0, 0.05) is 6.67 Å². The molecule has 0 radical (unpaired) electrons. The summed E-state index contributed by atoms with van der Waals surface area (Å²) in [6.45, 7) is 2.14. The lowest BCUT2D eigenvalue weighted by Crippen LogP contribution is -2.27. The molecule has 2 N–H and O–H groups in total. The summed E-state index contributed by atoms with van der Waals surface area (Å²) < 4.78 is 0. The molecule has 0 heterocycles. The summed E-state index contributed by atoms with van der Waals surface area (Å²) in [4.78, 5) is 0. The third-order valence-corrected chi connectivity index (χ3v) is 3.26. The zero-order chi connectivity index (χ0) is 10.1. The van der Waals surface area contributed by atoms with Gasteiger partial charge in [-0.1, -0.05) is 44.9 Å². The fourth-order valence-corrected chi connectivity index (χ4v) is 2.35. The Labute approximate surface area is 88.8 Å². The molecule has 0 aromatic heterocycles. The fourth-order valence-electron chi connectivity index (χ4n) is 2.35. The molecule has 0 aromatic rings. The van der Waals surface area contributed by atoms with Crippen molar-refractivity contribution >= 4 is 0 Å². The van der Waals surface area contributed by atoms with E-state index in [1.165, 1.54) is 57.9 Å². The van der Waals surface area contributed by atoms with E-state index in [2.05, 4.69) is 10.6 Å². The molecular weight excluding hydrogens is 172 g/mol. The van der Waals surface area contributed by atoms with Crippen molar-refractivity contribution in [2.24, 2.45) is 5.92 Å². The maximum absolute atomic E-state index is 3.41. The van der Waals surface area contributed by atoms with E-state index in [1.807, 2.05) is 7.05 Å². The Hall–Kier alpha value is -0.0800. The Morgan fingerprint density at radius 1 is 1.00 bits per heavy atom. The zero-order valence-electron chi connectivity index (χ0n) is 9.65. The second kappa shape index (κ2) is 8.25. The van der Waals surface area contributed by atoms with Crippen molar-refractivity contribution in [3.63, 3.8) is 0 Å². The van der Waals surface area contributed by atoms with E-state index in [9.17, 15) is 0 Å². The number of hydrogen-bond acceptors (Lipinski definition) is 2. The van der Waals surface area contributed by atoms with E-state index < -0.39 is 0 Å². The lowest BCUT2D eigenvalue weighted by Gasteiger charge is -2.19. The summed E-state index contributed by atoms with van der Waals surface area (Å²) >= 11 is 0. The normalized spacial score (nSPS) is 20.4. The minimum absolute atomic E-state index is 0.951. The van der Waals surface area contributed by atoms with Gasteiger partial charge in [-0.15, -0.1) is 0 Å². The molecule has 1 aliphatic rings. The van der Waals surface area contributed by atoms with Crippen molar-refractivity contribution in [3.05, 3.63) is 0 Å². The topological polar surface area (TPSA) is 24.1 Å². The summed E-state index contributed by atoms with van der Waals surface area (Å²) in [5.74, 6) is 1.000. The van der Waals surface area contributed by atoms with Gasteiger partial charge in [0.05, 0.1) is 0 Å². The van der Waals surface area contributed by atoms with Crippen LogP contribution in [0.25, 0.3) is 0 Å². The fraction of sp³-hybridized carbons (Fsp3) is 1.00. The van der Waals surface area contributed by atoms with Crippen LogP contribution in [0.2, 0.25) is 0 Å². The maximum atomic E-state index is 3.41. The van der Waals surface area contributed by atoms with Crippen molar-refractivity contribution in [1.82, 2.24) is 10.6 Å². The smallest absolute Gasteiger partial charge is 0.0451 e. The van der Waals surface area contributed by atoms with Crippen molar-refractivity contribution in [1.29, 1.82) is 0 Å². The number of hydrogen-bond donors (Lipinski definition) is 2. The molecule has 1 saturated carbocycles. The molecule has 0 atom stereocenters. The van der Waals surface area contributed by atoms with Crippen LogP contribution in [0.5, 0.6) is 0 Å². The summed E-state index contributed by atoms with van der Waals surface area (Å²) in [7, 11) is 1.99. The Balaban J connectivity index is 2.02. The van der Waals surface area contributed by atoms with Crippen LogP contribution in [0.15, 0.2) is 0 Å². The number of rotatable bonds is 5. The van der Waals surface area contributed by atoms with E-state index in [1.54, 1.807) is 0 Å². The predicted molar refractivity (Wildman–Crippen MR) is 62.4 cm³/mol. The first kappa shape index (κ1) is 12.0. The molecule has 2 nitrogen and oxygen atoms in total. The Morgan fingerprint density at radius 2 is 1.64 bits per heavy atom. The largest absolute Gasteiger partial charge is 0.308 e. The molecule has 0 unspecified atom stereocenters. The highest BCUT2D eigenvalue weighted by atomic mass is 15.0. The van der Waals surface area contributed by atoms with Gasteiger partial charge in [-0.2, -0.15) is 0 Å². The Kier molecular flexibility index (Phi) is 7.06. The first-order valence-electron chi connectivity index (χ1n) is 6.29. The molecule has 0 spiro atoms. The van der Waals surface area contributed by atoms with Gasteiger partial charge in [0.1, 0.15) is 0 Å². The van der Waals surface area contributed by atoms with Crippen LogP contribution in [0.1, 0.15) is 51.4 Å². The number of nitrogens with one attached hydrogen (secondary N) is 2. The third-order valence-electron chi connectivity index (χ3n) is 3.26. The Morgan fingerprint density at radius 3 is 2.29 bits per heavy atom. The van der Waals surface area contributed by atoms with Gasteiger partial charge in [0.2, 0.25) is 0 Å². The van der Waals surface area contributed by atoms with Gasteiger partial charge in [0.25, 0.3) is 0 Å². The van der Waals surface area contributed by atoms with Crippen LogP contribution in [0.4, 0.5) is 0 Å². The monoisotopic (exact) mass is 198 g/mol. The van der Waals surface area contributed by atoms with Crippen LogP contribution < -0.4 is 10.6 Å². The third kappa shape index (κ3) is 5.61. The van der Waals surface area contributed by atoms with Crippen molar-refractivity contribution < 1.29 is 0 Å². The summed E-state index contributed by atoms with van der Waals surface area (Å²) in [6.07, 6.45) is 11.7. The van der Waals surface area contributed by atoms with Crippen LogP contribution in [0.3, 0.4) is 0 Å². The molecule has 0 aromatic carbocycles. The summed E-state index contributed by atoms with van der Waals surface area (Å²) in [6, 6.07) is 0. The molecule has 0 bridgehead atoms. The lowest BCUT2D eigenvalue weighted by atomic mass is 9.89. The molecule has 1 aliphatic carbocycles. The second-order valence-electron chi connectivity index (χ2n) is 4.53. The maximum Gasteiger partial charge on any atom is 0.0451 e. The SMILES string of the molecule is CNCNCCC1CCCCCCC1. The van der Waals surface area contributed by atoms with E-state index in [4.69, 9.17) is 0 Å². The van der Waals surface area contributed by atoms with Crippen LogP contribution in [-0.2, 0) is 0 Å². The van der Waals surface area contributed by atoms with Crippen LogP contribution in [0, 0.1) is 5.92 Å². The minimum Gasteiger partial charge on any atom is -0.308 e. The Bertz CT molecular complexity index is 117.